The quantitative estimate of drug-likeness (QED) is 0.827. The Balaban J connectivity index is 1.61. The van der Waals surface area contributed by atoms with Crippen LogP contribution in [0.1, 0.15) is 12.8 Å². The van der Waals surface area contributed by atoms with Crippen molar-refractivity contribution in [2.24, 2.45) is 0 Å². The van der Waals surface area contributed by atoms with Crippen LogP contribution < -0.4 is 5.32 Å². The van der Waals surface area contributed by atoms with Crippen LogP contribution in [0.25, 0.3) is 5.69 Å². The van der Waals surface area contributed by atoms with Crippen LogP contribution in [0.15, 0.2) is 43.0 Å². The van der Waals surface area contributed by atoms with E-state index in [0.717, 1.165) is 37.4 Å². The zero-order valence-electron chi connectivity index (χ0n) is 15.5. The second-order valence-corrected chi connectivity index (χ2v) is 6.83. The predicted molar refractivity (Wildman–Crippen MR) is 102 cm³/mol. The second kappa shape index (κ2) is 8.82. The molecule has 7 heteroatoms. The SMILES string of the molecule is CN(C)CCN(C[C@@H]1CCCO1)C(=O)Nc1ccc(-n2ccnc2)cc1. The number of hydrogen-bond acceptors (Lipinski definition) is 4. The molecule has 7 nitrogen and oxygen atoms in total. The Bertz CT molecular complexity index is 678. The van der Waals surface area contributed by atoms with Gasteiger partial charge in [-0.15, -0.1) is 0 Å². The molecule has 2 aromatic rings. The van der Waals surface area contributed by atoms with E-state index in [-0.39, 0.29) is 12.1 Å². The van der Waals surface area contributed by atoms with E-state index in [1.165, 1.54) is 0 Å². The van der Waals surface area contributed by atoms with Crippen LogP contribution in [0.3, 0.4) is 0 Å². The summed E-state index contributed by atoms with van der Waals surface area (Å²) in [6.07, 6.45) is 7.61. The Kier molecular flexibility index (Phi) is 6.25. The standard InChI is InChI=1S/C19H27N5O2/c1-22(2)11-12-23(14-18-4-3-13-26-18)19(25)21-16-5-7-17(8-6-16)24-10-9-20-15-24/h5-10,15,18H,3-4,11-14H2,1-2H3,(H,21,25)/t18-/m0/s1. The molecule has 1 N–H and O–H groups in total. The topological polar surface area (TPSA) is 62.6 Å². The molecule has 1 atom stereocenters. The van der Waals surface area contributed by atoms with Crippen molar-refractivity contribution in [2.75, 3.05) is 45.7 Å². The third-order valence-electron chi connectivity index (χ3n) is 4.47. The van der Waals surface area contributed by atoms with Crippen molar-refractivity contribution >= 4 is 11.7 Å². The Morgan fingerprint density at radius 3 is 2.73 bits per heavy atom. The fourth-order valence-corrected chi connectivity index (χ4v) is 2.96. The molecular weight excluding hydrogens is 330 g/mol. The van der Waals surface area contributed by atoms with Crippen LogP contribution in [0.5, 0.6) is 0 Å². The average molecular weight is 357 g/mol. The predicted octanol–water partition coefficient (Wildman–Crippen LogP) is 2.45. The number of urea groups is 1. The van der Waals surface area contributed by atoms with Gasteiger partial charge in [0.05, 0.1) is 12.4 Å². The van der Waals surface area contributed by atoms with Crippen LogP contribution in [0.2, 0.25) is 0 Å². The van der Waals surface area contributed by atoms with E-state index in [2.05, 4.69) is 15.2 Å². The average Bonchev–Trinajstić information content (AvgIpc) is 3.33. The highest BCUT2D eigenvalue weighted by Crippen LogP contribution is 2.16. The van der Waals surface area contributed by atoms with Gasteiger partial charge in [0.25, 0.3) is 0 Å². The third-order valence-corrected chi connectivity index (χ3v) is 4.47. The zero-order chi connectivity index (χ0) is 18.4. The lowest BCUT2D eigenvalue weighted by molar-refractivity contribution is 0.0820. The minimum atomic E-state index is -0.0854. The highest BCUT2D eigenvalue weighted by molar-refractivity contribution is 5.89. The number of carbonyl (C=O) groups excluding carboxylic acids is 1. The summed E-state index contributed by atoms with van der Waals surface area (Å²) >= 11 is 0. The summed E-state index contributed by atoms with van der Waals surface area (Å²) in [5.41, 5.74) is 1.78. The first-order valence-electron chi connectivity index (χ1n) is 9.02. The van der Waals surface area contributed by atoms with E-state index in [1.807, 2.05) is 54.0 Å². The van der Waals surface area contributed by atoms with Crippen molar-refractivity contribution in [1.82, 2.24) is 19.4 Å². The minimum Gasteiger partial charge on any atom is -0.376 e. The summed E-state index contributed by atoms with van der Waals surface area (Å²) < 4.78 is 7.63. The van der Waals surface area contributed by atoms with Crippen molar-refractivity contribution < 1.29 is 9.53 Å². The van der Waals surface area contributed by atoms with Crippen LogP contribution in [-0.4, -0.2) is 71.8 Å². The number of ether oxygens (including phenoxy) is 1. The number of amides is 2. The lowest BCUT2D eigenvalue weighted by atomic mass is 10.2. The fourth-order valence-electron chi connectivity index (χ4n) is 2.96. The molecular formula is C19H27N5O2. The molecule has 0 saturated carbocycles. The molecule has 0 unspecified atom stereocenters. The molecule has 1 aliphatic heterocycles. The lowest BCUT2D eigenvalue weighted by Gasteiger charge is -2.27. The maximum absolute atomic E-state index is 12.8. The largest absolute Gasteiger partial charge is 0.376 e. The van der Waals surface area contributed by atoms with Gasteiger partial charge < -0.3 is 24.4 Å². The van der Waals surface area contributed by atoms with Gasteiger partial charge in [-0.25, -0.2) is 9.78 Å². The first kappa shape index (κ1) is 18.4. The summed E-state index contributed by atoms with van der Waals surface area (Å²) in [4.78, 5) is 20.7. The van der Waals surface area contributed by atoms with Gasteiger partial charge in [-0.1, -0.05) is 0 Å². The summed E-state index contributed by atoms with van der Waals surface area (Å²) in [6.45, 7) is 2.92. The highest BCUT2D eigenvalue weighted by atomic mass is 16.5. The molecule has 1 aliphatic rings. The second-order valence-electron chi connectivity index (χ2n) is 6.83. The summed E-state index contributed by atoms with van der Waals surface area (Å²) in [5, 5.41) is 3.00. The minimum absolute atomic E-state index is 0.0854. The van der Waals surface area contributed by atoms with Crippen LogP contribution in [0, 0.1) is 0 Å². The van der Waals surface area contributed by atoms with Crippen LogP contribution >= 0.6 is 0 Å². The Morgan fingerprint density at radius 1 is 1.31 bits per heavy atom. The van der Waals surface area contributed by atoms with Crippen molar-refractivity contribution in [3.8, 4) is 5.69 Å². The van der Waals surface area contributed by atoms with Gasteiger partial charge in [0.1, 0.15) is 0 Å². The summed E-state index contributed by atoms with van der Waals surface area (Å²) in [7, 11) is 4.02. The first-order valence-corrected chi connectivity index (χ1v) is 9.02. The first-order chi connectivity index (χ1) is 12.6. The van der Waals surface area contributed by atoms with E-state index in [4.69, 9.17) is 4.74 Å². The van der Waals surface area contributed by atoms with Crippen molar-refractivity contribution in [3.05, 3.63) is 43.0 Å². The highest BCUT2D eigenvalue weighted by Gasteiger charge is 2.22. The van der Waals surface area contributed by atoms with E-state index >= 15 is 0 Å². The van der Waals surface area contributed by atoms with Gasteiger partial charge in [0.2, 0.25) is 0 Å². The van der Waals surface area contributed by atoms with Crippen molar-refractivity contribution in [3.63, 3.8) is 0 Å². The number of nitrogens with one attached hydrogen (secondary N) is 1. The van der Waals surface area contributed by atoms with Gasteiger partial charge in [0, 0.05) is 50.0 Å². The number of aromatic nitrogens is 2. The lowest BCUT2D eigenvalue weighted by Crippen LogP contribution is -2.43. The van der Waals surface area contributed by atoms with Crippen LogP contribution in [0.4, 0.5) is 10.5 Å². The Hall–Kier alpha value is -2.38. The molecule has 0 aliphatic carbocycles. The molecule has 2 heterocycles. The number of anilines is 1. The van der Waals surface area contributed by atoms with Gasteiger partial charge in [0.15, 0.2) is 0 Å². The molecule has 1 aromatic carbocycles. The summed E-state index contributed by atoms with van der Waals surface area (Å²) in [5.74, 6) is 0. The van der Waals surface area contributed by atoms with Gasteiger partial charge in [-0.3, -0.25) is 0 Å². The molecule has 140 valence electrons. The van der Waals surface area contributed by atoms with Crippen LogP contribution in [-0.2, 0) is 4.74 Å². The smallest absolute Gasteiger partial charge is 0.321 e. The molecule has 2 amide bonds. The molecule has 1 aromatic heterocycles. The Labute approximate surface area is 154 Å². The number of likely N-dealkylation sites (N-methyl/N-ethyl adjacent to an activating group) is 1. The number of benzene rings is 1. The molecule has 1 saturated heterocycles. The van der Waals surface area contributed by atoms with Gasteiger partial charge in [-0.2, -0.15) is 0 Å². The maximum atomic E-state index is 12.8. The molecule has 3 rings (SSSR count). The number of nitrogens with zero attached hydrogens (tertiary/aromatic N) is 4. The number of carbonyl (C=O) groups is 1. The van der Waals surface area contributed by atoms with Gasteiger partial charge in [-0.05, 0) is 51.2 Å². The number of rotatable bonds is 7. The van der Waals surface area contributed by atoms with E-state index in [1.54, 1.807) is 12.5 Å². The zero-order valence-corrected chi connectivity index (χ0v) is 15.5. The molecule has 0 spiro atoms. The Morgan fingerprint density at radius 2 is 2.12 bits per heavy atom. The maximum Gasteiger partial charge on any atom is 0.321 e. The summed E-state index contributed by atoms with van der Waals surface area (Å²) in [6, 6.07) is 7.65. The van der Waals surface area contributed by atoms with E-state index < -0.39 is 0 Å². The molecule has 1 fully saturated rings. The number of imidazole rings is 1. The molecule has 0 bridgehead atoms. The monoisotopic (exact) mass is 357 g/mol. The number of hydrogen-bond donors (Lipinski definition) is 1. The molecule has 26 heavy (non-hydrogen) atoms. The molecule has 0 radical (unpaired) electrons. The van der Waals surface area contributed by atoms with Crippen molar-refractivity contribution in [1.29, 1.82) is 0 Å². The van der Waals surface area contributed by atoms with E-state index in [0.29, 0.717) is 13.1 Å². The van der Waals surface area contributed by atoms with E-state index in [9.17, 15) is 4.79 Å². The normalized spacial score (nSPS) is 16.8. The third kappa shape index (κ3) is 5.06. The van der Waals surface area contributed by atoms with Crippen molar-refractivity contribution in [2.45, 2.75) is 18.9 Å². The van der Waals surface area contributed by atoms with Gasteiger partial charge >= 0.3 is 6.03 Å². The fraction of sp³-hybridized carbons (Fsp3) is 0.474.